The summed E-state index contributed by atoms with van der Waals surface area (Å²) in [5.74, 6) is 0.509. The van der Waals surface area contributed by atoms with Crippen LogP contribution in [0, 0.1) is 5.41 Å². The molecule has 0 saturated heterocycles. The predicted octanol–water partition coefficient (Wildman–Crippen LogP) is 2.45. The molecule has 19 heavy (non-hydrogen) atoms. The van der Waals surface area contributed by atoms with Crippen LogP contribution in [0.25, 0.3) is 0 Å². The Morgan fingerprint density at radius 2 is 1.63 bits per heavy atom. The molecule has 0 aliphatic carbocycles. The largest absolute Gasteiger partial charge is 0.396 e. The monoisotopic (exact) mass is 265 g/mol. The minimum absolute atomic E-state index is 0.138. The van der Waals surface area contributed by atoms with Crippen LogP contribution >= 0.6 is 0 Å². The van der Waals surface area contributed by atoms with E-state index in [4.69, 9.17) is 5.11 Å². The highest BCUT2D eigenvalue weighted by atomic mass is 16.3. The van der Waals surface area contributed by atoms with Gasteiger partial charge in [0.25, 0.3) is 0 Å². The number of rotatable bonds is 7. The summed E-state index contributed by atoms with van der Waals surface area (Å²) in [6.07, 6.45) is -0.504. The molecule has 0 aliphatic rings. The summed E-state index contributed by atoms with van der Waals surface area (Å²) in [6, 6.07) is 8.11. The number of hydrogen-bond donors (Lipinski definition) is 3. The van der Waals surface area contributed by atoms with Crippen molar-refractivity contribution in [3.05, 3.63) is 35.4 Å². The highest BCUT2D eigenvalue weighted by Gasteiger charge is 2.16. The van der Waals surface area contributed by atoms with Crippen molar-refractivity contribution in [2.75, 3.05) is 19.7 Å². The smallest absolute Gasteiger partial charge is 0.0914 e. The van der Waals surface area contributed by atoms with Crippen LogP contribution < -0.4 is 5.32 Å². The van der Waals surface area contributed by atoms with Crippen molar-refractivity contribution < 1.29 is 10.2 Å². The molecule has 0 fully saturated rings. The van der Waals surface area contributed by atoms with E-state index >= 15 is 0 Å². The molecule has 0 amide bonds. The number of aliphatic hydroxyl groups excluding tert-OH is 2. The molecule has 1 atom stereocenters. The Morgan fingerprint density at radius 3 is 2.11 bits per heavy atom. The van der Waals surface area contributed by atoms with Crippen LogP contribution in [0.1, 0.15) is 50.8 Å². The molecule has 3 heteroatoms. The lowest BCUT2D eigenvalue weighted by Gasteiger charge is -2.23. The Hall–Kier alpha value is -0.900. The van der Waals surface area contributed by atoms with Crippen LogP contribution in [0.3, 0.4) is 0 Å². The fourth-order valence-electron chi connectivity index (χ4n) is 1.82. The molecule has 0 bridgehead atoms. The Balaban J connectivity index is 2.47. The van der Waals surface area contributed by atoms with E-state index in [1.54, 1.807) is 0 Å². The van der Waals surface area contributed by atoms with Crippen molar-refractivity contribution >= 4 is 0 Å². The lowest BCUT2D eigenvalue weighted by Crippen LogP contribution is -2.34. The molecule has 0 saturated carbocycles. The summed E-state index contributed by atoms with van der Waals surface area (Å²) >= 11 is 0. The zero-order valence-electron chi connectivity index (χ0n) is 12.5. The normalized spacial score (nSPS) is 13.8. The van der Waals surface area contributed by atoms with Crippen LogP contribution in [-0.2, 0) is 0 Å². The van der Waals surface area contributed by atoms with Crippen LogP contribution in [0.15, 0.2) is 24.3 Å². The molecule has 1 rings (SSSR count). The van der Waals surface area contributed by atoms with Gasteiger partial charge < -0.3 is 15.5 Å². The van der Waals surface area contributed by atoms with E-state index in [-0.39, 0.29) is 12.0 Å². The molecule has 3 N–H and O–H groups in total. The SMILES string of the molecule is CC(C)c1ccc(C(O)CNCC(C)(C)CO)cc1. The van der Waals surface area contributed by atoms with Gasteiger partial charge in [0.2, 0.25) is 0 Å². The first-order chi connectivity index (χ1) is 8.85. The summed E-state index contributed by atoms with van der Waals surface area (Å²) < 4.78 is 0. The number of hydrogen-bond acceptors (Lipinski definition) is 3. The second-order valence-corrected chi connectivity index (χ2v) is 6.29. The lowest BCUT2D eigenvalue weighted by atomic mass is 9.95. The van der Waals surface area contributed by atoms with Gasteiger partial charge in [-0.3, -0.25) is 0 Å². The summed E-state index contributed by atoms with van der Waals surface area (Å²) in [5, 5.41) is 22.5. The molecule has 0 aliphatic heterocycles. The van der Waals surface area contributed by atoms with Gasteiger partial charge in [0, 0.05) is 25.1 Å². The van der Waals surface area contributed by atoms with Crippen molar-refractivity contribution in [3.63, 3.8) is 0 Å². The second-order valence-electron chi connectivity index (χ2n) is 6.29. The van der Waals surface area contributed by atoms with Gasteiger partial charge in [-0.25, -0.2) is 0 Å². The van der Waals surface area contributed by atoms with E-state index in [0.29, 0.717) is 19.0 Å². The summed E-state index contributed by atoms with van der Waals surface area (Å²) in [7, 11) is 0. The third kappa shape index (κ3) is 5.31. The second kappa shape index (κ2) is 7.04. The molecule has 1 aromatic rings. The first-order valence-electron chi connectivity index (χ1n) is 6.95. The molecule has 0 spiro atoms. The van der Waals surface area contributed by atoms with Gasteiger partial charge in [0.05, 0.1) is 6.10 Å². The maximum Gasteiger partial charge on any atom is 0.0914 e. The molecular weight excluding hydrogens is 238 g/mol. The fourth-order valence-corrected chi connectivity index (χ4v) is 1.82. The Morgan fingerprint density at radius 1 is 1.11 bits per heavy atom. The fraction of sp³-hybridized carbons (Fsp3) is 0.625. The van der Waals surface area contributed by atoms with Crippen LogP contribution in [0.5, 0.6) is 0 Å². The number of benzene rings is 1. The summed E-state index contributed by atoms with van der Waals surface area (Å²) in [6.45, 7) is 9.62. The molecular formula is C16H27NO2. The van der Waals surface area contributed by atoms with E-state index in [0.717, 1.165) is 5.56 Å². The van der Waals surface area contributed by atoms with E-state index < -0.39 is 6.10 Å². The molecule has 1 aromatic carbocycles. The first kappa shape index (κ1) is 16.2. The van der Waals surface area contributed by atoms with E-state index in [9.17, 15) is 5.11 Å². The number of nitrogens with one attached hydrogen (secondary N) is 1. The molecule has 108 valence electrons. The maximum absolute atomic E-state index is 10.1. The minimum Gasteiger partial charge on any atom is -0.396 e. The highest BCUT2D eigenvalue weighted by Crippen LogP contribution is 2.19. The Kier molecular flexibility index (Phi) is 5.98. The van der Waals surface area contributed by atoms with Crippen molar-refractivity contribution in [2.24, 2.45) is 5.41 Å². The minimum atomic E-state index is -0.504. The van der Waals surface area contributed by atoms with Gasteiger partial charge in [-0.2, -0.15) is 0 Å². The van der Waals surface area contributed by atoms with Crippen molar-refractivity contribution in [1.29, 1.82) is 0 Å². The number of aliphatic hydroxyl groups is 2. The predicted molar refractivity (Wildman–Crippen MR) is 79.2 cm³/mol. The standard InChI is InChI=1S/C16H27NO2/c1-12(2)13-5-7-14(8-6-13)15(19)9-17-10-16(3,4)11-18/h5-8,12,15,17-19H,9-11H2,1-4H3. The Bertz CT molecular complexity index is 371. The molecule has 1 unspecified atom stereocenters. The van der Waals surface area contributed by atoms with Crippen molar-refractivity contribution in [2.45, 2.75) is 39.7 Å². The molecule has 0 radical (unpaired) electrons. The lowest BCUT2D eigenvalue weighted by molar-refractivity contribution is 0.138. The van der Waals surface area contributed by atoms with E-state index in [1.807, 2.05) is 26.0 Å². The maximum atomic E-state index is 10.1. The molecule has 0 heterocycles. The third-order valence-corrected chi connectivity index (χ3v) is 3.36. The molecule has 0 aromatic heterocycles. The van der Waals surface area contributed by atoms with Gasteiger partial charge in [0.15, 0.2) is 0 Å². The van der Waals surface area contributed by atoms with Gasteiger partial charge >= 0.3 is 0 Å². The van der Waals surface area contributed by atoms with Crippen LogP contribution in [0.4, 0.5) is 0 Å². The molecule has 3 nitrogen and oxygen atoms in total. The van der Waals surface area contributed by atoms with E-state index in [1.165, 1.54) is 5.56 Å². The quantitative estimate of drug-likeness (QED) is 0.710. The average molecular weight is 265 g/mol. The summed E-state index contributed by atoms with van der Waals surface area (Å²) in [5.41, 5.74) is 2.06. The third-order valence-electron chi connectivity index (χ3n) is 3.36. The van der Waals surface area contributed by atoms with Gasteiger partial charge in [-0.05, 0) is 17.0 Å². The first-order valence-corrected chi connectivity index (χ1v) is 6.95. The zero-order chi connectivity index (χ0) is 14.5. The van der Waals surface area contributed by atoms with Gasteiger partial charge in [-0.1, -0.05) is 52.0 Å². The van der Waals surface area contributed by atoms with Crippen LogP contribution in [-0.4, -0.2) is 29.9 Å². The van der Waals surface area contributed by atoms with Crippen molar-refractivity contribution in [1.82, 2.24) is 5.32 Å². The van der Waals surface area contributed by atoms with Crippen LogP contribution in [0.2, 0.25) is 0 Å². The topological polar surface area (TPSA) is 52.5 Å². The van der Waals surface area contributed by atoms with Gasteiger partial charge in [-0.15, -0.1) is 0 Å². The van der Waals surface area contributed by atoms with Crippen molar-refractivity contribution in [3.8, 4) is 0 Å². The van der Waals surface area contributed by atoms with Gasteiger partial charge in [0.1, 0.15) is 0 Å². The zero-order valence-corrected chi connectivity index (χ0v) is 12.5. The highest BCUT2D eigenvalue weighted by molar-refractivity contribution is 5.26. The summed E-state index contributed by atoms with van der Waals surface area (Å²) in [4.78, 5) is 0. The van der Waals surface area contributed by atoms with E-state index in [2.05, 4.69) is 31.3 Å². The average Bonchev–Trinajstić information content (AvgIpc) is 2.38. The Labute approximate surface area is 116 Å².